The van der Waals surface area contributed by atoms with Crippen molar-refractivity contribution >= 4 is 35.0 Å². The average molecular weight is 411 g/mol. The minimum atomic E-state index is -0.510. The van der Waals surface area contributed by atoms with Gasteiger partial charge in [-0.1, -0.05) is 55.5 Å². The lowest BCUT2D eigenvalue weighted by molar-refractivity contribution is -0.113. The number of hydrogen-bond donors (Lipinski definition) is 1. The fourth-order valence-electron chi connectivity index (χ4n) is 3.40. The molecule has 0 unspecified atom stereocenters. The first-order valence-electron chi connectivity index (χ1n) is 9.29. The quantitative estimate of drug-likeness (QED) is 0.662. The summed E-state index contributed by atoms with van der Waals surface area (Å²) in [6.07, 6.45) is 8.79. The molecule has 1 saturated carbocycles. The summed E-state index contributed by atoms with van der Waals surface area (Å²) in [6, 6.07) is 4.10. The van der Waals surface area contributed by atoms with Gasteiger partial charge in [-0.25, -0.2) is 4.39 Å². The number of anilines is 1. The lowest BCUT2D eigenvalue weighted by Crippen LogP contribution is -2.14. The van der Waals surface area contributed by atoms with Crippen LogP contribution in [0.4, 0.5) is 10.1 Å². The molecule has 146 valence electrons. The molecular weight excluding hydrogens is 387 g/mol. The minimum Gasteiger partial charge on any atom is -0.325 e. The molecule has 1 aliphatic carbocycles. The van der Waals surface area contributed by atoms with E-state index in [1.165, 1.54) is 62.1 Å². The van der Waals surface area contributed by atoms with Crippen LogP contribution in [0.25, 0.3) is 0 Å². The second-order valence-electron chi connectivity index (χ2n) is 6.97. The number of thioether (sulfide) groups is 1. The first kappa shape index (κ1) is 20.1. The van der Waals surface area contributed by atoms with Crippen molar-refractivity contribution in [3.63, 3.8) is 0 Å². The van der Waals surface area contributed by atoms with Crippen molar-refractivity contribution < 1.29 is 9.18 Å². The molecule has 3 rings (SSSR count). The number of amides is 1. The number of hydrogen-bond acceptors (Lipinski definition) is 4. The lowest BCUT2D eigenvalue weighted by Gasteiger charge is -2.20. The van der Waals surface area contributed by atoms with Crippen molar-refractivity contribution in [3.8, 4) is 0 Å². The van der Waals surface area contributed by atoms with Gasteiger partial charge < -0.3 is 9.88 Å². The predicted molar refractivity (Wildman–Crippen MR) is 107 cm³/mol. The summed E-state index contributed by atoms with van der Waals surface area (Å²) < 4.78 is 15.1. The number of carbonyl (C=O) groups excluding carboxylic acids is 1. The van der Waals surface area contributed by atoms with Crippen molar-refractivity contribution in [2.75, 3.05) is 11.1 Å². The van der Waals surface area contributed by atoms with Crippen LogP contribution in [-0.4, -0.2) is 26.4 Å². The summed E-state index contributed by atoms with van der Waals surface area (Å²) in [5.41, 5.74) is 0.470. The zero-order chi connectivity index (χ0) is 19.2. The average Bonchev–Trinajstić information content (AvgIpc) is 3.02. The molecule has 1 aromatic heterocycles. The Morgan fingerprint density at radius 2 is 2.11 bits per heavy atom. The van der Waals surface area contributed by atoms with Crippen molar-refractivity contribution in [1.29, 1.82) is 0 Å². The van der Waals surface area contributed by atoms with E-state index in [1.54, 1.807) is 0 Å². The molecule has 0 saturated heterocycles. The van der Waals surface area contributed by atoms with Gasteiger partial charge in [-0.05, 0) is 30.5 Å². The highest BCUT2D eigenvalue weighted by atomic mass is 35.5. The number of nitrogens with zero attached hydrogens (tertiary/aromatic N) is 3. The number of benzene rings is 1. The molecule has 27 heavy (non-hydrogen) atoms. The Morgan fingerprint density at radius 3 is 2.85 bits per heavy atom. The highest BCUT2D eigenvalue weighted by Gasteiger charge is 2.16. The summed E-state index contributed by atoms with van der Waals surface area (Å²) in [7, 11) is 1.94. The van der Waals surface area contributed by atoms with E-state index in [4.69, 9.17) is 11.6 Å². The molecule has 8 heteroatoms. The van der Waals surface area contributed by atoms with Crippen LogP contribution in [0.1, 0.15) is 44.3 Å². The van der Waals surface area contributed by atoms with Crippen molar-refractivity contribution in [2.45, 2.75) is 50.1 Å². The summed E-state index contributed by atoms with van der Waals surface area (Å²) in [5, 5.41) is 11.9. The van der Waals surface area contributed by atoms with E-state index in [0.29, 0.717) is 5.69 Å². The van der Waals surface area contributed by atoms with E-state index in [1.807, 2.05) is 11.6 Å². The van der Waals surface area contributed by atoms with E-state index >= 15 is 0 Å². The van der Waals surface area contributed by atoms with Crippen LogP contribution in [-0.2, 0) is 18.3 Å². The third-order valence-corrected chi connectivity index (χ3v) is 6.27. The highest BCUT2D eigenvalue weighted by Crippen LogP contribution is 2.27. The molecule has 0 bridgehead atoms. The fourth-order valence-corrected chi connectivity index (χ4v) is 4.31. The van der Waals surface area contributed by atoms with Crippen molar-refractivity contribution in [2.24, 2.45) is 13.0 Å². The van der Waals surface area contributed by atoms with Gasteiger partial charge in [0.2, 0.25) is 5.91 Å². The molecule has 1 fully saturated rings. The molecule has 1 aliphatic rings. The van der Waals surface area contributed by atoms with Crippen LogP contribution in [0.15, 0.2) is 23.4 Å². The Kier molecular flexibility index (Phi) is 7.13. The topological polar surface area (TPSA) is 59.8 Å². The maximum Gasteiger partial charge on any atom is 0.234 e. The van der Waals surface area contributed by atoms with Gasteiger partial charge in [0, 0.05) is 19.2 Å². The standard InChI is InChI=1S/C19H24ClFN4OS/c1-25-17(10-7-13-5-3-2-4-6-13)23-24-19(25)27-12-18(26)22-14-8-9-16(21)15(20)11-14/h8-9,11,13H,2-7,10,12H2,1H3,(H,22,26). The summed E-state index contributed by atoms with van der Waals surface area (Å²) in [5.74, 6) is 1.26. The summed E-state index contributed by atoms with van der Waals surface area (Å²) in [6.45, 7) is 0. The SMILES string of the molecule is Cn1c(CCC2CCCCC2)nnc1SCC(=O)Nc1ccc(F)c(Cl)c1. The number of halogens is 2. The molecule has 0 atom stereocenters. The summed E-state index contributed by atoms with van der Waals surface area (Å²) in [4.78, 5) is 12.1. The van der Waals surface area contributed by atoms with E-state index in [2.05, 4.69) is 15.5 Å². The Morgan fingerprint density at radius 1 is 1.33 bits per heavy atom. The minimum absolute atomic E-state index is 0.0173. The fraction of sp³-hybridized carbons (Fsp3) is 0.526. The van der Waals surface area contributed by atoms with Gasteiger partial charge in [-0.3, -0.25) is 4.79 Å². The molecule has 0 aliphatic heterocycles. The van der Waals surface area contributed by atoms with E-state index in [0.717, 1.165) is 29.7 Å². The smallest absolute Gasteiger partial charge is 0.234 e. The van der Waals surface area contributed by atoms with Crippen LogP contribution in [0.3, 0.4) is 0 Å². The Labute approximate surface area is 168 Å². The van der Waals surface area contributed by atoms with E-state index in [-0.39, 0.29) is 16.7 Å². The van der Waals surface area contributed by atoms with Gasteiger partial charge >= 0.3 is 0 Å². The van der Waals surface area contributed by atoms with Gasteiger partial charge in [0.25, 0.3) is 0 Å². The van der Waals surface area contributed by atoms with Crippen LogP contribution in [0.5, 0.6) is 0 Å². The van der Waals surface area contributed by atoms with E-state index in [9.17, 15) is 9.18 Å². The molecule has 1 heterocycles. The van der Waals surface area contributed by atoms with Crippen LogP contribution in [0, 0.1) is 11.7 Å². The Bertz CT molecular complexity index is 792. The molecule has 1 amide bonds. The highest BCUT2D eigenvalue weighted by molar-refractivity contribution is 7.99. The second kappa shape index (κ2) is 9.55. The Hall–Kier alpha value is -1.60. The first-order valence-corrected chi connectivity index (χ1v) is 10.6. The van der Waals surface area contributed by atoms with Crippen LogP contribution < -0.4 is 5.32 Å². The monoisotopic (exact) mass is 410 g/mol. The number of aromatic nitrogens is 3. The number of carbonyl (C=O) groups is 1. The third-order valence-electron chi connectivity index (χ3n) is 4.96. The maximum absolute atomic E-state index is 13.2. The lowest BCUT2D eigenvalue weighted by atomic mass is 9.86. The van der Waals surface area contributed by atoms with Crippen molar-refractivity contribution in [3.05, 3.63) is 34.9 Å². The summed E-state index contributed by atoms with van der Waals surface area (Å²) >= 11 is 7.06. The molecule has 1 aromatic carbocycles. The molecule has 5 nitrogen and oxygen atoms in total. The molecule has 0 radical (unpaired) electrons. The first-order chi connectivity index (χ1) is 13.0. The van der Waals surface area contributed by atoms with E-state index < -0.39 is 5.82 Å². The molecule has 1 N–H and O–H groups in total. The maximum atomic E-state index is 13.2. The zero-order valence-corrected chi connectivity index (χ0v) is 17.0. The van der Waals surface area contributed by atoms with Gasteiger partial charge in [0.15, 0.2) is 5.16 Å². The van der Waals surface area contributed by atoms with Crippen molar-refractivity contribution in [1.82, 2.24) is 14.8 Å². The normalized spacial score (nSPS) is 15.1. The zero-order valence-electron chi connectivity index (χ0n) is 15.4. The predicted octanol–water partition coefficient (Wildman–Crippen LogP) is 4.85. The van der Waals surface area contributed by atoms with Gasteiger partial charge in [-0.15, -0.1) is 10.2 Å². The number of nitrogens with one attached hydrogen (secondary N) is 1. The van der Waals surface area contributed by atoms with Gasteiger partial charge in [0.1, 0.15) is 11.6 Å². The number of rotatable bonds is 7. The van der Waals surface area contributed by atoms with Crippen LogP contribution in [0.2, 0.25) is 5.02 Å². The third kappa shape index (κ3) is 5.69. The van der Waals surface area contributed by atoms with Crippen LogP contribution >= 0.6 is 23.4 Å². The number of aryl methyl sites for hydroxylation is 1. The Balaban J connectivity index is 1.48. The van der Waals surface area contributed by atoms with Gasteiger partial charge in [0.05, 0.1) is 10.8 Å². The molecular formula is C19H24ClFN4OS. The van der Waals surface area contributed by atoms with Gasteiger partial charge in [-0.2, -0.15) is 0 Å². The molecule has 2 aromatic rings. The largest absolute Gasteiger partial charge is 0.325 e. The molecule has 0 spiro atoms. The second-order valence-corrected chi connectivity index (χ2v) is 8.32.